The molecule has 0 saturated carbocycles. The van der Waals surface area contributed by atoms with E-state index < -0.39 is 0 Å². The zero-order chi connectivity index (χ0) is 10.3. The van der Waals surface area contributed by atoms with Gasteiger partial charge in [-0.2, -0.15) is 5.10 Å². The Morgan fingerprint density at radius 2 is 2.08 bits per heavy atom. The zero-order valence-corrected chi connectivity index (χ0v) is 8.80. The lowest BCUT2D eigenvalue weighted by molar-refractivity contribution is 0.368. The van der Waals surface area contributed by atoms with Crippen molar-refractivity contribution in [2.45, 2.75) is 40.0 Å². The molecule has 76 valence electrons. The number of rotatable bonds is 4. The van der Waals surface area contributed by atoms with Crippen molar-refractivity contribution in [3.8, 4) is 0 Å². The van der Waals surface area contributed by atoms with Crippen LogP contribution in [0.3, 0.4) is 0 Å². The van der Waals surface area contributed by atoms with Crippen molar-refractivity contribution in [3.63, 3.8) is 0 Å². The van der Waals surface area contributed by atoms with Gasteiger partial charge in [-0.3, -0.25) is 0 Å². The molecule has 0 rings (SSSR count). The van der Waals surface area contributed by atoms with E-state index in [0.29, 0.717) is 11.3 Å². The highest BCUT2D eigenvalue weighted by Crippen LogP contribution is 2.21. The highest BCUT2D eigenvalue weighted by atomic mass is 15.3. The monoisotopic (exact) mass is 184 g/mol. The first-order chi connectivity index (χ1) is 5.99. The Bertz CT molecular complexity index is 179. The third kappa shape index (κ3) is 7.46. The average Bonchev–Trinajstić information content (AvgIpc) is 2.01. The van der Waals surface area contributed by atoms with E-state index in [1.807, 2.05) is 0 Å². The fourth-order valence-electron chi connectivity index (χ4n) is 1.02. The van der Waals surface area contributed by atoms with Crippen molar-refractivity contribution in [1.82, 2.24) is 5.43 Å². The van der Waals surface area contributed by atoms with Gasteiger partial charge in [-0.15, -0.1) is 5.10 Å². The molecule has 3 N–H and O–H groups in total. The van der Waals surface area contributed by atoms with Crippen molar-refractivity contribution in [1.29, 1.82) is 0 Å². The van der Waals surface area contributed by atoms with Gasteiger partial charge in [0.2, 0.25) is 0 Å². The summed E-state index contributed by atoms with van der Waals surface area (Å²) in [5.41, 5.74) is 2.87. The lowest BCUT2D eigenvalue weighted by atomic mass is 9.90. The number of hydrogen-bond donors (Lipinski definition) is 2. The van der Waals surface area contributed by atoms with Crippen molar-refractivity contribution >= 4 is 12.6 Å². The number of nitrogens with zero attached hydrogens (tertiary/aromatic N) is 2. The normalized spacial score (nSPS) is 12.8. The van der Waals surface area contributed by atoms with Crippen molar-refractivity contribution in [2.24, 2.45) is 21.5 Å². The summed E-state index contributed by atoms with van der Waals surface area (Å²) in [4.78, 5) is 0. The van der Waals surface area contributed by atoms with Crippen LogP contribution in [0.4, 0.5) is 0 Å². The minimum absolute atomic E-state index is 0.362. The second-order valence-electron chi connectivity index (χ2n) is 4.25. The second kappa shape index (κ2) is 5.70. The van der Waals surface area contributed by atoms with Gasteiger partial charge in [-0.25, -0.2) is 5.84 Å². The molecule has 0 aromatic heterocycles. The minimum Gasteiger partial charge on any atom is -0.310 e. The van der Waals surface area contributed by atoms with Crippen LogP contribution in [-0.4, -0.2) is 12.6 Å². The Balaban J connectivity index is 3.74. The van der Waals surface area contributed by atoms with E-state index in [9.17, 15) is 0 Å². The van der Waals surface area contributed by atoms with Crippen LogP contribution in [0.2, 0.25) is 0 Å². The van der Waals surface area contributed by atoms with Crippen LogP contribution >= 0.6 is 0 Å². The fraction of sp³-hybridized carbons (Fsp3) is 0.778. The Kier molecular flexibility index (Phi) is 5.30. The van der Waals surface area contributed by atoms with Gasteiger partial charge in [-0.1, -0.05) is 20.8 Å². The zero-order valence-electron chi connectivity index (χ0n) is 8.80. The van der Waals surface area contributed by atoms with Gasteiger partial charge in [0.05, 0.1) is 0 Å². The van der Waals surface area contributed by atoms with Crippen LogP contribution in [0.15, 0.2) is 10.2 Å². The number of nitrogens with two attached hydrogens (primary N) is 1. The first-order valence-corrected chi connectivity index (χ1v) is 4.49. The van der Waals surface area contributed by atoms with E-state index in [2.05, 4.69) is 43.1 Å². The summed E-state index contributed by atoms with van der Waals surface area (Å²) in [5.74, 6) is 5.93. The van der Waals surface area contributed by atoms with Crippen LogP contribution in [0, 0.1) is 5.41 Å². The summed E-state index contributed by atoms with van der Waals surface area (Å²) in [6.45, 7) is 9.91. The van der Waals surface area contributed by atoms with Crippen molar-refractivity contribution < 1.29 is 0 Å². The molecular weight excluding hydrogens is 164 g/mol. The summed E-state index contributed by atoms with van der Waals surface area (Å²) in [7, 11) is 0. The maximum absolute atomic E-state index is 5.24. The van der Waals surface area contributed by atoms with E-state index in [1.54, 1.807) is 0 Å². The predicted molar refractivity (Wildman–Crippen MR) is 57.6 cm³/mol. The second-order valence-corrected chi connectivity index (χ2v) is 4.25. The van der Waals surface area contributed by atoms with E-state index in [1.165, 1.54) is 0 Å². The Labute approximate surface area is 80.3 Å². The molecule has 13 heavy (non-hydrogen) atoms. The number of nitrogens with one attached hydrogen (secondary N) is 1. The van der Waals surface area contributed by atoms with E-state index in [0.717, 1.165) is 19.3 Å². The average molecular weight is 184 g/mol. The highest BCUT2D eigenvalue weighted by molar-refractivity contribution is 5.81. The minimum atomic E-state index is 0.362. The van der Waals surface area contributed by atoms with Gasteiger partial charge in [0, 0.05) is 13.1 Å². The number of amidine groups is 1. The molecule has 4 nitrogen and oxygen atoms in total. The SMILES string of the molecule is C=N/N=C(/CCCC(C)(C)C)NN. The fourth-order valence-corrected chi connectivity index (χ4v) is 1.02. The van der Waals surface area contributed by atoms with Crippen LogP contribution in [0.25, 0.3) is 0 Å². The van der Waals surface area contributed by atoms with Crippen molar-refractivity contribution in [3.05, 3.63) is 0 Å². The number of hydrogen-bond acceptors (Lipinski definition) is 3. The molecule has 0 aromatic carbocycles. The van der Waals surface area contributed by atoms with Crippen LogP contribution in [-0.2, 0) is 0 Å². The highest BCUT2D eigenvalue weighted by Gasteiger charge is 2.09. The standard InChI is InChI=1S/C9H20N4/c1-9(2,3)7-5-6-8(12-10)13-11-4/h4-7,10H2,1-3H3,(H,12,13). The number of hydrazine groups is 1. The summed E-state index contributed by atoms with van der Waals surface area (Å²) in [5, 5.41) is 7.17. The van der Waals surface area contributed by atoms with E-state index >= 15 is 0 Å². The molecule has 0 aromatic rings. The molecular formula is C9H20N4. The van der Waals surface area contributed by atoms with Gasteiger partial charge in [0.1, 0.15) is 5.84 Å². The molecule has 0 aliphatic rings. The molecule has 0 unspecified atom stereocenters. The van der Waals surface area contributed by atoms with E-state index in [-0.39, 0.29) is 0 Å². The lowest BCUT2D eigenvalue weighted by Crippen LogP contribution is -2.30. The first kappa shape index (κ1) is 12.1. The molecule has 0 radical (unpaired) electrons. The van der Waals surface area contributed by atoms with E-state index in [4.69, 9.17) is 5.84 Å². The smallest absolute Gasteiger partial charge is 0.138 e. The van der Waals surface area contributed by atoms with Gasteiger partial charge in [-0.05, 0) is 18.3 Å². The largest absolute Gasteiger partial charge is 0.310 e. The molecule has 0 aliphatic heterocycles. The Morgan fingerprint density at radius 1 is 1.46 bits per heavy atom. The summed E-state index contributed by atoms with van der Waals surface area (Å²) < 4.78 is 0. The van der Waals surface area contributed by atoms with Crippen molar-refractivity contribution in [2.75, 3.05) is 0 Å². The van der Waals surface area contributed by atoms with Gasteiger partial charge in [0.25, 0.3) is 0 Å². The predicted octanol–water partition coefficient (Wildman–Crippen LogP) is 1.68. The van der Waals surface area contributed by atoms with Crippen LogP contribution in [0.1, 0.15) is 40.0 Å². The molecule has 4 heteroatoms. The van der Waals surface area contributed by atoms with Gasteiger partial charge < -0.3 is 5.43 Å². The summed E-state index contributed by atoms with van der Waals surface area (Å²) in [6.07, 6.45) is 3.03. The molecule has 0 heterocycles. The molecule has 0 fully saturated rings. The van der Waals surface area contributed by atoms with Crippen LogP contribution < -0.4 is 11.3 Å². The molecule has 0 atom stereocenters. The Morgan fingerprint density at radius 3 is 2.46 bits per heavy atom. The lowest BCUT2D eigenvalue weighted by Gasteiger charge is -2.17. The maximum Gasteiger partial charge on any atom is 0.138 e. The third-order valence-electron chi connectivity index (χ3n) is 1.70. The third-order valence-corrected chi connectivity index (χ3v) is 1.70. The summed E-state index contributed by atoms with van der Waals surface area (Å²) >= 11 is 0. The summed E-state index contributed by atoms with van der Waals surface area (Å²) in [6, 6.07) is 0. The quantitative estimate of drug-likeness (QED) is 0.302. The van der Waals surface area contributed by atoms with Crippen LogP contribution in [0.5, 0.6) is 0 Å². The molecule has 0 saturated heterocycles. The topological polar surface area (TPSA) is 62.8 Å². The first-order valence-electron chi connectivity index (χ1n) is 4.49. The molecule has 0 aliphatic carbocycles. The Hall–Kier alpha value is -0.900. The van der Waals surface area contributed by atoms with Gasteiger partial charge >= 0.3 is 0 Å². The van der Waals surface area contributed by atoms with Gasteiger partial charge in [0.15, 0.2) is 0 Å². The maximum atomic E-state index is 5.24. The molecule has 0 bridgehead atoms. The molecule has 0 spiro atoms. The molecule has 0 amide bonds.